The normalized spacial score (nSPS) is 12.2. The van der Waals surface area contributed by atoms with Crippen molar-refractivity contribution in [3.63, 3.8) is 0 Å². The zero-order valence-corrected chi connectivity index (χ0v) is 8.50. The van der Waals surface area contributed by atoms with Gasteiger partial charge < -0.3 is 10.2 Å². The van der Waals surface area contributed by atoms with Crippen LogP contribution < -0.4 is 0 Å². The van der Waals surface area contributed by atoms with Crippen molar-refractivity contribution in [1.29, 1.82) is 5.26 Å². The summed E-state index contributed by atoms with van der Waals surface area (Å²) >= 11 is 0. The van der Waals surface area contributed by atoms with Crippen molar-refractivity contribution in [2.45, 2.75) is 12.5 Å². The Hall–Kier alpha value is -2.12. The minimum absolute atomic E-state index is 0.234. The van der Waals surface area contributed by atoms with Crippen LogP contribution in [-0.4, -0.2) is 16.2 Å². The second-order valence-electron chi connectivity index (χ2n) is 3.23. The van der Waals surface area contributed by atoms with Crippen LogP contribution in [0.4, 0.5) is 0 Å². The smallest absolute Gasteiger partial charge is 0.327 e. The van der Waals surface area contributed by atoms with Crippen LogP contribution >= 0.6 is 0 Å². The van der Waals surface area contributed by atoms with E-state index in [1.54, 1.807) is 24.3 Å². The molecule has 1 atom stereocenters. The first-order valence-corrected chi connectivity index (χ1v) is 4.71. The number of carboxylic acid groups (broad SMARTS) is 1. The number of rotatable bonds is 4. The summed E-state index contributed by atoms with van der Waals surface area (Å²) in [6.07, 6.45) is 1.87. The number of aliphatic carboxylic acids is 1. The lowest BCUT2D eigenvalue weighted by Gasteiger charge is -2.07. The van der Waals surface area contributed by atoms with Crippen LogP contribution in [-0.2, 0) is 4.79 Å². The Kier molecular flexibility index (Phi) is 4.25. The summed E-state index contributed by atoms with van der Waals surface area (Å²) in [6, 6.07) is 8.50. The molecule has 0 saturated heterocycles. The van der Waals surface area contributed by atoms with Crippen LogP contribution in [0.25, 0.3) is 0 Å². The average Bonchev–Trinajstić information content (AvgIpc) is 2.28. The van der Waals surface area contributed by atoms with E-state index < -0.39 is 12.1 Å². The third-order valence-corrected chi connectivity index (χ3v) is 2.04. The topological polar surface area (TPSA) is 81.3 Å². The predicted octanol–water partition coefficient (Wildman–Crippen LogP) is 1.62. The number of nitrogens with zero attached hydrogens (tertiary/aromatic N) is 1. The summed E-state index contributed by atoms with van der Waals surface area (Å²) < 4.78 is 0. The molecule has 0 aliphatic heterocycles. The van der Waals surface area contributed by atoms with Crippen LogP contribution in [0.1, 0.15) is 23.7 Å². The molecular weight excluding hydrogens is 206 g/mol. The van der Waals surface area contributed by atoms with E-state index in [0.717, 1.165) is 6.08 Å². The Morgan fingerprint density at radius 3 is 2.56 bits per heavy atom. The second kappa shape index (κ2) is 5.69. The first kappa shape index (κ1) is 12.0. The molecule has 0 aliphatic rings. The van der Waals surface area contributed by atoms with Crippen molar-refractivity contribution in [2.24, 2.45) is 0 Å². The molecule has 0 saturated carbocycles. The van der Waals surface area contributed by atoms with Gasteiger partial charge in [0.15, 0.2) is 0 Å². The number of aliphatic hydroxyl groups is 1. The maximum absolute atomic E-state index is 10.2. The van der Waals surface area contributed by atoms with E-state index in [-0.39, 0.29) is 6.42 Å². The predicted molar refractivity (Wildman–Crippen MR) is 57.5 cm³/mol. The van der Waals surface area contributed by atoms with E-state index >= 15 is 0 Å². The van der Waals surface area contributed by atoms with E-state index in [0.29, 0.717) is 11.1 Å². The maximum Gasteiger partial charge on any atom is 0.327 e. The Morgan fingerprint density at radius 2 is 2.06 bits per heavy atom. The van der Waals surface area contributed by atoms with E-state index in [1.165, 1.54) is 6.08 Å². The first-order valence-electron chi connectivity index (χ1n) is 4.71. The van der Waals surface area contributed by atoms with Gasteiger partial charge in [-0.05, 0) is 24.1 Å². The highest BCUT2D eigenvalue weighted by Crippen LogP contribution is 2.17. The van der Waals surface area contributed by atoms with E-state index in [2.05, 4.69) is 0 Å². The van der Waals surface area contributed by atoms with Gasteiger partial charge in [-0.25, -0.2) is 4.79 Å². The summed E-state index contributed by atoms with van der Waals surface area (Å²) in [4.78, 5) is 10.2. The highest BCUT2D eigenvalue weighted by atomic mass is 16.4. The quantitative estimate of drug-likeness (QED) is 0.751. The molecule has 0 spiro atoms. The molecule has 2 N–H and O–H groups in total. The monoisotopic (exact) mass is 217 g/mol. The Balaban J connectivity index is 2.63. The molecule has 0 fully saturated rings. The standard InChI is InChI=1S/C12H11NO3/c13-8-9-4-6-10(7-5-9)11(14)2-1-3-12(15)16/h1,3-7,11,14H,2H2,(H,15,16)/b3-1+. The zero-order chi connectivity index (χ0) is 12.0. The van der Waals surface area contributed by atoms with Gasteiger partial charge >= 0.3 is 5.97 Å². The lowest BCUT2D eigenvalue weighted by atomic mass is 10.0. The van der Waals surface area contributed by atoms with Crippen molar-refractivity contribution >= 4 is 5.97 Å². The van der Waals surface area contributed by atoms with Crippen molar-refractivity contribution in [2.75, 3.05) is 0 Å². The van der Waals surface area contributed by atoms with Gasteiger partial charge in [0, 0.05) is 6.08 Å². The molecule has 0 radical (unpaired) electrons. The Bertz CT molecular complexity index is 429. The summed E-state index contributed by atoms with van der Waals surface area (Å²) in [5, 5.41) is 26.6. The fourth-order valence-corrected chi connectivity index (χ4v) is 1.21. The minimum Gasteiger partial charge on any atom is -0.478 e. The fourth-order valence-electron chi connectivity index (χ4n) is 1.21. The summed E-state index contributed by atoms with van der Waals surface area (Å²) in [5.74, 6) is -1.04. The van der Waals surface area contributed by atoms with E-state index in [4.69, 9.17) is 10.4 Å². The SMILES string of the molecule is N#Cc1ccc(C(O)C/C=C/C(=O)O)cc1. The zero-order valence-electron chi connectivity index (χ0n) is 8.50. The highest BCUT2D eigenvalue weighted by Gasteiger charge is 2.05. The number of hydrogen-bond donors (Lipinski definition) is 2. The van der Waals surface area contributed by atoms with Crippen LogP contribution in [0.3, 0.4) is 0 Å². The van der Waals surface area contributed by atoms with Crippen LogP contribution in [0, 0.1) is 11.3 Å². The summed E-state index contributed by atoms with van der Waals surface area (Å²) in [6.45, 7) is 0. The molecule has 0 aromatic heterocycles. The van der Waals surface area contributed by atoms with Gasteiger partial charge in [0.25, 0.3) is 0 Å². The van der Waals surface area contributed by atoms with Gasteiger partial charge in [0.1, 0.15) is 0 Å². The second-order valence-corrected chi connectivity index (χ2v) is 3.23. The molecule has 82 valence electrons. The number of benzene rings is 1. The van der Waals surface area contributed by atoms with Gasteiger partial charge in [-0.1, -0.05) is 18.2 Å². The molecule has 4 heteroatoms. The summed E-state index contributed by atoms with van der Waals surface area (Å²) in [5.41, 5.74) is 1.19. The van der Waals surface area contributed by atoms with Crippen molar-refractivity contribution in [1.82, 2.24) is 0 Å². The largest absolute Gasteiger partial charge is 0.478 e. The number of hydrogen-bond acceptors (Lipinski definition) is 3. The van der Waals surface area contributed by atoms with Gasteiger partial charge in [0.2, 0.25) is 0 Å². The van der Waals surface area contributed by atoms with Crippen molar-refractivity contribution in [3.05, 3.63) is 47.5 Å². The van der Waals surface area contributed by atoms with Gasteiger partial charge in [-0.2, -0.15) is 5.26 Å². The lowest BCUT2D eigenvalue weighted by molar-refractivity contribution is -0.131. The molecule has 0 bridgehead atoms. The van der Waals surface area contributed by atoms with Crippen LogP contribution in [0.5, 0.6) is 0 Å². The molecule has 1 aromatic carbocycles. The number of aliphatic hydroxyl groups excluding tert-OH is 1. The van der Waals surface area contributed by atoms with Gasteiger partial charge in [0.05, 0.1) is 17.7 Å². The lowest BCUT2D eigenvalue weighted by Crippen LogP contribution is -1.96. The summed E-state index contributed by atoms with van der Waals surface area (Å²) in [7, 11) is 0. The molecule has 1 rings (SSSR count). The molecule has 1 aromatic rings. The Labute approximate surface area is 93.1 Å². The number of carboxylic acids is 1. The molecule has 1 unspecified atom stereocenters. The maximum atomic E-state index is 10.2. The molecule has 0 aliphatic carbocycles. The number of carbonyl (C=O) groups is 1. The van der Waals surface area contributed by atoms with Crippen molar-refractivity contribution < 1.29 is 15.0 Å². The van der Waals surface area contributed by atoms with Crippen LogP contribution in [0.15, 0.2) is 36.4 Å². The molecule has 4 nitrogen and oxygen atoms in total. The number of nitriles is 1. The van der Waals surface area contributed by atoms with E-state index in [9.17, 15) is 9.90 Å². The highest BCUT2D eigenvalue weighted by molar-refractivity contribution is 5.79. The van der Waals surface area contributed by atoms with Gasteiger partial charge in [-0.15, -0.1) is 0 Å². The van der Waals surface area contributed by atoms with Crippen molar-refractivity contribution in [3.8, 4) is 6.07 Å². The molecule has 0 amide bonds. The Morgan fingerprint density at radius 1 is 1.44 bits per heavy atom. The fraction of sp³-hybridized carbons (Fsp3) is 0.167. The minimum atomic E-state index is -1.04. The molecule has 16 heavy (non-hydrogen) atoms. The average molecular weight is 217 g/mol. The molecular formula is C12H11NO3. The molecule has 0 heterocycles. The van der Waals surface area contributed by atoms with Gasteiger partial charge in [-0.3, -0.25) is 0 Å². The first-order chi connectivity index (χ1) is 7.63. The third kappa shape index (κ3) is 3.56. The third-order valence-electron chi connectivity index (χ3n) is 2.04. The van der Waals surface area contributed by atoms with Crippen LogP contribution in [0.2, 0.25) is 0 Å². The van der Waals surface area contributed by atoms with E-state index in [1.807, 2.05) is 6.07 Å².